The molecule has 5 rings (SSSR count). The van der Waals surface area contributed by atoms with Crippen LogP contribution in [0, 0.1) is 6.92 Å². The average Bonchev–Trinajstić information content (AvgIpc) is 3.70. The number of aromatic nitrogens is 4. The second-order valence-electron chi connectivity index (χ2n) is 9.86. The molecule has 1 aliphatic rings. The van der Waals surface area contributed by atoms with Crippen LogP contribution in [0.2, 0.25) is 0 Å². The van der Waals surface area contributed by atoms with E-state index in [0.717, 1.165) is 27.4 Å². The number of carbonyl (C=O) groups excluding carboxylic acids is 2. The lowest BCUT2D eigenvalue weighted by Crippen LogP contribution is -2.48. The van der Waals surface area contributed by atoms with Crippen LogP contribution in [0.3, 0.4) is 0 Å². The largest absolute Gasteiger partial charge is 0.391 e. The summed E-state index contributed by atoms with van der Waals surface area (Å²) in [5.41, 5.74) is 6.26. The molecule has 2 N–H and O–H groups in total. The molecule has 4 heterocycles. The number of likely N-dealkylation sites (tertiary alicyclic amines) is 1. The van der Waals surface area contributed by atoms with Gasteiger partial charge in [0.25, 0.3) is 0 Å². The minimum absolute atomic E-state index is 0.118. The molecule has 1 fully saturated rings. The molecule has 3 aromatic heterocycles. The Hall–Kier alpha value is -3.89. The number of aliphatic hydroxyl groups excluding tert-OH is 1. The topological polar surface area (TPSA) is 113 Å². The molecule has 0 unspecified atom stereocenters. The maximum Gasteiger partial charge on any atom is 0.246 e. The number of β-amino-alcohol motifs (C(OH)–C–C–N with tert-alkyl or cyclic N) is 1. The van der Waals surface area contributed by atoms with Gasteiger partial charge in [-0.15, -0.1) is 11.3 Å². The first-order valence-electron chi connectivity index (χ1n) is 13.1. The molecule has 0 spiro atoms. The molecule has 0 radical (unpaired) electrons. The fourth-order valence-electron chi connectivity index (χ4n) is 5.06. The molecular formula is C29H32N6O3S. The van der Waals surface area contributed by atoms with Gasteiger partial charge in [0, 0.05) is 25.4 Å². The molecule has 202 valence electrons. The van der Waals surface area contributed by atoms with Crippen molar-refractivity contribution in [3.05, 3.63) is 78.0 Å². The van der Waals surface area contributed by atoms with E-state index in [1.54, 1.807) is 34.6 Å². The van der Waals surface area contributed by atoms with E-state index >= 15 is 0 Å². The first-order chi connectivity index (χ1) is 18.9. The quantitative estimate of drug-likeness (QED) is 0.344. The lowest BCUT2D eigenvalue weighted by molar-refractivity contribution is -0.141. The molecule has 0 saturated carbocycles. The number of rotatable bonds is 8. The summed E-state index contributed by atoms with van der Waals surface area (Å²) in [6, 6.07) is 12.1. The Bertz CT molecular complexity index is 1430. The second kappa shape index (κ2) is 11.5. The van der Waals surface area contributed by atoms with Crippen molar-refractivity contribution < 1.29 is 14.7 Å². The van der Waals surface area contributed by atoms with Gasteiger partial charge in [-0.2, -0.15) is 0 Å². The van der Waals surface area contributed by atoms with Crippen LogP contribution in [0.4, 0.5) is 0 Å². The zero-order valence-electron chi connectivity index (χ0n) is 22.2. The van der Waals surface area contributed by atoms with E-state index in [1.165, 1.54) is 4.90 Å². The summed E-state index contributed by atoms with van der Waals surface area (Å²) in [6.07, 6.45) is 5.08. The Morgan fingerprint density at radius 1 is 1.13 bits per heavy atom. The summed E-state index contributed by atoms with van der Waals surface area (Å²) in [5, 5.41) is 13.5. The summed E-state index contributed by atoms with van der Waals surface area (Å²) in [6.45, 7) is 5.94. The maximum absolute atomic E-state index is 13.7. The van der Waals surface area contributed by atoms with E-state index in [1.807, 2.05) is 68.7 Å². The summed E-state index contributed by atoms with van der Waals surface area (Å²) < 4.78 is 1.76. The molecule has 1 saturated heterocycles. The van der Waals surface area contributed by atoms with Gasteiger partial charge in [0.05, 0.1) is 40.2 Å². The third-order valence-electron chi connectivity index (χ3n) is 7.20. The number of nitrogens with zero attached hydrogens (tertiary/aromatic N) is 5. The summed E-state index contributed by atoms with van der Waals surface area (Å²) in [5.74, 6) is -0.486. The van der Waals surface area contributed by atoms with Crippen molar-refractivity contribution in [2.24, 2.45) is 0 Å². The Labute approximate surface area is 231 Å². The second-order valence-corrected chi connectivity index (χ2v) is 10.7. The van der Waals surface area contributed by atoms with Gasteiger partial charge < -0.3 is 19.9 Å². The SMILES string of the molecule is CC[C@@H](C(=O)N1C[C@H](O)C[C@H]1C(=O)N[C@@H](C)c1ccc(-c2scnc2C)cc1)n1cnc(-c2ccccn2)c1. The molecule has 0 aliphatic carbocycles. The van der Waals surface area contributed by atoms with Crippen molar-refractivity contribution in [1.82, 2.24) is 29.7 Å². The normalized spacial score (nSPS) is 18.6. The number of pyridine rings is 1. The minimum Gasteiger partial charge on any atom is -0.391 e. The molecular weight excluding hydrogens is 512 g/mol. The van der Waals surface area contributed by atoms with Gasteiger partial charge in [-0.05, 0) is 43.5 Å². The molecule has 4 aromatic rings. The van der Waals surface area contributed by atoms with Gasteiger partial charge in [-0.1, -0.05) is 37.3 Å². The van der Waals surface area contributed by atoms with Crippen LogP contribution in [-0.4, -0.2) is 60.0 Å². The van der Waals surface area contributed by atoms with E-state index in [4.69, 9.17) is 0 Å². The lowest BCUT2D eigenvalue weighted by Gasteiger charge is -2.29. The van der Waals surface area contributed by atoms with Crippen molar-refractivity contribution in [2.45, 2.75) is 57.8 Å². The van der Waals surface area contributed by atoms with Gasteiger partial charge in [-0.3, -0.25) is 14.6 Å². The number of hydrogen-bond donors (Lipinski definition) is 2. The van der Waals surface area contributed by atoms with E-state index < -0.39 is 18.2 Å². The van der Waals surface area contributed by atoms with Crippen molar-refractivity contribution >= 4 is 23.2 Å². The molecule has 39 heavy (non-hydrogen) atoms. The predicted molar refractivity (Wildman–Crippen MR) is 150 cm³/mol. The molecule has 4 atom stereocenters. The Morgan fingerprint density at radius 3 is 2.59 bits per heavy atom. The van der Waals surface area contributed by atoms with Crippen molar-refractivity contribution in [3.8, 4) is 21.8 Å². The summed E-state index contributed by atoms with van der Waals surface area (Å²) in [7, 11) is 0. The molecule has 0 bridgehead atoms. The third-order valence-corrected chi connectivity index (χ3v) is 8.18. The number of hydrogen-bond acceptors (Lipinski definition) is 7. The maximum atomic E-state index is 13.7. The van der Waals surface area contributed by atoms with Crippen LogP contribution in [0.1, 0.15) is 50.0 Å². The van der Waals surface area contributed by atoms with E-state index in [-0.39, 0.29) is 30.8 Å². The van der Waals surface area contributed by atoms with Crippen LogP contribution in [0.25, 0.3) is 21.8 Å². The number of aryl methyl sites for hydroxylation is 1. The lowest BCUT2D eigenvalue weighted by atomic mass is 10.0. The smallest absolute Gasteiger partial charge is 0.246 e. The number of nitrogens with one attached hydrogen (secondary N) is 1. The zero-order chi connectivity index (χ0) is 27.5. The highest BCUT2D eigenvalue weighted by Gasteiger charge is 2.41. The molecule has 1 aliphatic heterocycles. The standard InChI is InChI=1S/C29H32N6O3S/c1-4-25(34-15-24(31-16-34)23-7-5-6-12-30-23)29(38)35-14-22(36)13-26(35)28(37)33-18(2)20-8-10-21(11-9-20)27-19(3)32-17-39-27/h5-12,15-18,22,25-26,36H,4,13-14H2,1-3H3,(H,33,37)/t18-,22+,25-,26-/m0/s1. The van der Waals surface area contributed by atoms with Crippen LogP contribution in [-0.2, 0) is 9.59 Å². The number of imidazole rings is 1. The number of amides is 2. The fourth-order valence-corrected chi connectivity index (χ4v) is 5.87. The van der Waals surface area contributed by atoms with Gasteiger partial charge in [0.15, 0.2) is 0 Å². The third kappa shape index (κ3) is 5.62. The zero-order valence-corrected chi connectivity index (χ0v) is 23.0. The highest BCUT2D eigenvalue weighted by molar-refractivity contribution is 7.13. The van der Waals surface area contributed by atoms with E-state index in [2.05, 4.69) is 20.3 Å². The van der Waals surface area contributed by atoms with Gasteiger partial charge >= 0.3 is 0 Å². The average molecular weight is 545 g/mol. The molecule has 2 amide bonds. The number of benzene rings is 1. The summed E-state index contributed by atoms with van der Waals surface area (Å²) >= 11 is 1.60. The first kappa shape index (κ1) is 26.7. The summed E-state index contributed by atoms with van der Waals surface area (Å²) in [4.78, 5) is 42.8. The van der Waals surface area contributed by atoms with Crippen LogP contribution in [0.5, 0.6) is 0 Å². The van der Waals surface area contributed by atoms with Gasteiger partial charge in [-0.25, -0.2) is 9.97 Å². The van der Waals surface area contributed by atoms with Gasteiger partial charge in [0.1, 0.15) is 17.8 Å². The fraction of sp³-hybridized carbons (Fsp3) is 0.345. The van der Waals surface area contributed by atoms with Crippen LogP contribution >= 0.6 is 11.3 Å². The van der Waals surface area contributed by atoms with E-state index in [0.29, 0.717) is 12.1 Å². The predicted octanol–water partition coefficient (Wildman–Crippen LogP) is 4.17. The van der Waals surface area contributed by atoms with Crippen LogP contribution < -0.4 is 5.32 Å². The highest BCUT2D eigenvalue weighted by Crippen LogP contribution is 2.29. The number of thiazole rings is 1. The Kier molecular flexibility index (Phi) is 7.85. The highest BCUT2D eigenvalue weighted by atomic mass is 32.1. The minimum atomic E-state index is -0.758. The Balaban J connectivity index is 1.28. The molecule has 9 nitrogen and oxygen atoms in total. The molecule has 1 aromatic carbocycles. The molecule has 10 heteroatoms. The van der Waals surface area contributed by atoms with Crippen LogP contribution in [0.15, 0.2) is 66.7 Å². The van der Waals surface area contributed by atoms with E-state index in [9.17, 15) is 14.7 Å². The Morgan fingerprint density at radius 2 is 1.92 bits per heavy atom. The van der Waals surface area contributed by atoms with Crippen molar-refractivity contribution in [2.75, 3.05) is 6.54 Å². The van der Waals surface area contributed by atoms with Crippen molar-refractivity contribution in [1.29, 1.82) is 0 Å². The first-order valence-corrected chi connectivity index (χ1v) is 14.0. The monoisotopic (exact) mass is 544 g/mol. The van der Waals surface area contributed by atoms with Crippen molar-refractivity contribution in [3.63, 3.8) is 0 Å². The number of aliphatic hydroxyl groups is 1. The number of carbonyl (C=O) groups is 2. The van der Waals surface area contributed by atoms with Gasteiger partial charge in [0.2, 0.25) is 11.8 Å².